The molecule has 1 atom stereocenters. The van der Waals surface area contributed by atoms with Gasteiger partial charge in [0.2, 0.25) is 5.91 Å². The molecule has 0 saturated heterocycles. The predicted octanol–water partition coefficient (Wildman–Crippen LogP) is 4.33. The molecule has 0 radical (unpaired) electrons. The summed E-state index contributed by atoms with van der Waals surface area (Å²) in [5, 5.41) is 12.4. The molecule has 1 aliphatic carbocycles. The molecule has 0 unspecified atom stereocenters. The number of carbonyl (C=O) groups is 1. The second-order valence-corrected chi connectivity index (χ2v) is 7.87. The summed E-state index contributed by atoms with van der Waals surface area (Å²) >= 11 is 1.28. The van der Waals surface area contributed by atoms with Crippen molar-refractivity contribution in [3.8, 4) is 11.5 Å². The minimum atomic E-state index is -0.432. The smallest absolute Gasteiger partial charge is 0.277 e. The highest BCUT2D eigenvalue weighted by Gasteiger charge is 2.30. The molecule has 2 aromatic heterocycles. The van der Waals surface area contributed by atoms with E-state index in [1.165, 1.54) is 11.8 Å². The van der Waals surface area contributed by atoms with Crippen LogP contribution in [0, 0.1) is 0 Å². The van der Waals surface area contributed by atoms with E-state index in [4.69, 9.17) is 4.42 Å². The SMILES string of the molecule is O=C(NC1CC1)[C@@H](Sc1nnc(-c2c[nH]c3ccccc23)o1)c1ccccc1. The van der Waals surface area contributed by atoms with Crippen LogP contribution in [0.4, 0.5) is 0 Å². The highest BCUT2D eigenvalue weighted by Crippen LogP contribution is 2.37. The highest BCUT2D eigenvalue weighted by molar-refractivity contribution is 8.00. The average Bonchev–Trinajstić information content (AvgIpc) is 3.25. The fourth-order valence-corrected chi connectivity index (χ4v) is 4.01. The molecule has 1 saturated carbocycles. The second kappa shape index (κ2) is 7.16. The van der Waals surface area contributed by atoms with Crippen LogP contribution < -0.4 is 5.32 Å². The Labute approximate surface area is 165 Å². The van der Waals surface area contributed by atoms with E-state index in [9.17, 15) is 4.79 Å². The van der Waals surface area contributed by atoms with Crippen LogP contribution in [0.3, 0.4) is 0 Å². The van der Waals surface area contributed by atoms with Gasteiger partial charge in [-0.15, -0.1) is 10.2 Å². The Morgan fingerprint density at radius 2 is 1.89 bits per heavy atom. The molecule has 6 nitrogen and oxygen atoms in total. The number of fused-ring (bicyclic) bond motifs is 1. The summed E-state index contributed by atoms with van der Waals surface area (Å²) in [6.45, 7) is 0. The largest absolute Gasteiger partial charge is 0.411 e. The Balaban J connectivity index is 1.42. The summed E-state index contributed by atoms with van der Waals surface area (Å²) in [5.74, 6) is 0.417. The van der Waals surface area contributed by atoms with Crippen molar-refractivity contribution in [2.75, 3.05) is 0 Å². The number of aromatic amines is 1. The number of nitrogens with one attached hydrogen (secondary N) is 2. The maximum atomic E-state index is 12.8. The van der Waals surface area contributed by atoms with Crippen molar-refractivity contribution in [3.63, 3.8) is 0 Å². The zero-order chi connectivity index (χ0) is 18.9. The Kier molecular flexibility index (Phi) is 4.37. The fraction of sp³-hybridized carbons (Fsp3) is 0.190. The van der Waals surface area contributed by atoms with Crippen LogP contribution >= 0.6 is 11.8 Å². The van der Waals surface area contributed by atoms with Crippen LogP contribution in [0.15, 0.2) is 70.4 Å². The third-order valence-corrected chi connectivity index (χ3v) is 5.80. The normalized spacial score (nSPS) is 14.9. The predicted molar refractivity (Wildman–Crippen MR) is 108 cm³/mol. The minimum absolute atomic E-state index is 0.0226. The molecular weight excluding hydrogens is 372 g/mol. The molecule has 4 aromatic rings. The average molecular weight is 390 g/mol. The molecule has 2 N–H and O–H groups in total. The van der Waals surface area contributed by atoms with Gasteiger partial charge in [-0.3, -0.25) is 4.79 Å². The molecule has 140 valence electrons. The number of rotatable bonds is 6. The van der Waals surface area contributed by atoms with E-state index in [-0.39, 0.29) is 5.91 Å². The van der Waals surface area contributed by atoms with Gasteiger partial charge in [-0.2, -0.15) is 0 Å². The highest BCUT2D eigenvalue weighted by atomic mass is 32.2. The van der Waals surface area contributed by atoms with Gasteiger partial charge in [0.25, 0.3) is 11.1 Å². The van der Waals surface area contributed by atoms with E-state index in [0.717, 1.165) is 34.9 Å². The number of nitrogens with zero attached hydrogens (tertiary/aromatic N) is 2. The lowest BCUT2D eigenvalue weighted by molar-refractivity contribution is -0.120. The van der Waals surface area contributed by atoms with Gasteiger partial charge in [-0.1, -0.05) is 48.5 Å². The number of H-pyrrole nitrogens is 1. The first kappa shape index (κ1) is 17.1. The number of thioether (sulfide) groups is 1. The standard InChI is InChI=1S/C21H18N4O2S/c26-19(23-14-10-11-14)18(13-6-2-1-3-7-13)28-21-25-24-20(27-21)16-12-22-17-9-5-4-8-15(16)17/h1-9,12,14,18,22H,10-11H2,(H,23,26)/t18-/m0/s1. The zero-order valence-corrected chi connectivity index (χ0v) is 15.8. The summed E-state index contributed by atoms with van der Waals surface area (Å²) in [5.41, 5.74) is 2.78. The fourth-order valence-electron chi connectivity index (χ4n) is 3.12. The van der Waals surface area contributed by atoms with Crippen molar-refractivity contribution in [1.29, 1.82) is 0 Å². The van der Waals surface area contributed by atoms with Crippen molar-refractivity contribution < 1.29 is 9.21 Å². The lowest BCUT2D eigenvalue weighted by Crippen LogP contribution is -2.29. The molecule has 0 bridgehead atoms. The van der Waals surface area contributed by atoms with Gasteiger partial charge in [0.1, 0.15) is 5.25 Å². The summed E-state index contributed by atoms with van der Waals surface area (Å²) in [4.78, 5) is 16.0. The van der Waals surface area contributed by atoms with Crippen LogP contribution in [0.1, 0.15) is 23.7 Å². The molecule has 1 fully saturated rings. The van der Waals surface area contributed by atoms with Gasteiger partial charge in [-0.25, -0.2) is 0 Å². The number of para-hydroxylation sites is 1. The number of benzene rings is 2. The number of amides is 1. The first-order valence-corrected chi connectivity index (χ1v) is 10.1. The van der Waals surface area contributed by atoms with Gasteiger partial charge in [-0.05, 0) is 36.2 Å². The van der Waals surface area contributed by atoms with E-state index in [2.05, 4.69) is 20.5 Å². The van der Waals surface area contributed by atoms with Gasteiger partial charge in [0.15, 0.2) is 0 Å². The lowest BCUT2D eigenvalue weighted by Gasteiger charge is -2.14. The Hall–Kier alpha value is -3.06. The van der Waals surface area contributed by atoms with Crippen molar-refractivity contribution in [1.82, 2.24) is 20.5 Å². The zero-order valence-electron chi connectivity index (χ0n) is 15.0. The topological polar surface area (TPSA) is 83.8 Å². The molecule has 1 aliphatic rings. The molecule has 2 heterocycles. The summed E-state index contributed by atoms with van der Waals surface area (Å²) in [6, 6.07) is 17.9. The van der Waals surface area contributed by atoms with Crippen molar-refractivity contribution >= 4 is 28.6 Å². The molecular formula is C21H18N4O2S. The maximum Gasteiger partial charge on any atom is 0.277 e. The van der Waals surface area contributed by atoms with Gasteiger partial charge in [0, 0.05) is 23.1 Å². The molecule has 5 rings (SSSR count). The third kappa shape index (κ3) is 3.41. The maximum absolute atomic E-state index is 12.8. The molecule has 0 spiro atoms. The monoisotopic (exact) mass is 390 g/mol. The van der Waals surface area contributed by atoms with E-state index in [1.807, 2.05) is 60.8 Å². The second-order valence-electron chi connectivity index (χ2n) is 6.81. The molecule has 2 aromatic carbocycles. The van der Waals surface area contributed by atoms with Gasteiger partial charge >= 0.3 is 0 Å². The van der Waals surface area contributed by atoms with Crippen LogP contribution in [0.2, 0.25) is 0 Å². The van der Waals surface area contributed by atoms with E-state index >= 15 is 0 Å². The van der Waals surface area contributed by atoms with Crippen LogP contribution in [0.25, 0.3) is 22.4 Å². The summed E-state index contributed by atoms with van der Waals surface area (Å²) in [6.07, 6.45) is 3.95. The first-order chi connectivity index (χ1) is 13.8. The number of aromatic nitrogens is 3. The quantitative estimate of drug-likeness (QED) is 0.479. The Morgan fingerprint density at radius 1 is 1.11 bits per heavy atom. The molecule has 28 heavy (non-hydrogen) atoms. The lowest BCUT2D eigenvalue weighted by atomic mass is 10.1. The Morgan fingerprint density at radius 3 is 2.71 bits per heavy atom. The molecule has 0 aliphatic heterocycles. The number of carbonyl (C=O) groups excluding carboxylic acids is 1. The third-order valence-electron chi connectivity index (χ3n) is 4.71. The van der Waals surface area contributed by atoms with E-state index in [0.29, 0.717) is 17.2 Å². The summed E-state index contributed by atoms with van der Waals surface area (Å²) in [7, 11) is 0. The molecule has 1 amide bonds. The van der Waals surface area contributed by atoms with E-state index in [1.54, 1.807) is 0 Å². The first-order valence-electron chi connectivity index (χ1n) is 9.20. The van der Waals surface area contributed by atoms with Crippen molar-refractivity contribution in [2.45, 2.75) is 29.4 Å². The number of hydrogen-bond donors (Lipinski definition) is 2. The van der Waals surface area contributed by atoms with Crippen molar-refractivity contribution in [2.24, 2.45) is 0 Å². The van der Waals surface area contributed by atoms with Gasteiger partial charge in [0.05, 0.1) is 5.56 Å². The van der Waals surface area contributed by atoms with E-state index < -0.39 is 5.25 Å². The molecule has 7 heteroatoms. The van der Waals surface area contributed by atoms with Crippen LogP contribution in [-0.2, 0) is 4.79 Å². The van der Waals surface area contributed by atoms with Gasteiger partial charge < -0.3 is 14.7 Å². The van der Waals surface area contributed by atoms with Crippen molar-refractivity contribution in [3.05, 3.63) is 66.4 Å². The van der Waals surface area contributed by atoms with Crippen LogP contribution in [0.5, 0.6) is 0 Å². The van der Waals surface area contributed by atoms with Crippen LogP contribution in [-0.4, -0.2) is 27.1 Å². The minimum Gasteiger partial charge on any atom is -0.411 e. The Bertz CT molecular complexity index is 1120. The number of hydrogen-bond acceptors (Lipinski definition) is 5. The summed E-state index contributed by atoms with van der Waals surface area (Å²) < 4.78 is 5.90.